The molecule has 1 aliphatic heterocycles. The molecule has 10 heteroatoms. The van der Waals surface area contributed by atoms with Crippen LogP contribution in [0.2, 0.25) is 0 Å². The maximum atomic E-state index is 12.1. The summed E-state index contributed by atoms with van der Waals surface area (Å²) in [4.78, 5) is 18.7. The number of hydrogen-bond donors (Lipinski definition) is 1. The van der Waals surface area contributed by atoms with Gasteiger partial charge in [-0.2, -0.15) is 0 Å². The molecule has 0 spiro atoms. The number of ether oxygens (including phenoxy) is 1. The summed E-state index contributed by atoms with van der Waals surface area (Å²) in [5, 5.41) is 3.29. The Balaban J connectivity index is 0.00000420. The highest BCUT2D eigenvalue weighted by atomic mass is 127. The number of nitrogens with one attached hydrogen (secondary N) is 1. The number of piperidine rings is 1. The number of guanidine groups is 1. The molecule has 1 aromatic rings. The van der Waals surface area contributed by atoms with Crippen LogP contribution in [0.1, 0.15) is 25.3 Å². The fourth-order valence-corrected chi connectivity index (χ4v) is 4.03. The molecule has 0 aliphatic carbocycles. The molecular weight excluding hydrogens is 507 g/mol. The average molecular weight is 538 g/mol. The Morgan fingerprint density at radius 2 is 1.97 bits per heavy atom. The van der Waals surface area contributed by atoms with Crippen molar-refractivity contribution in [2.75, 3.05) is 40.8 Å². The van der Waals surface area contributed by atoms with Crippen LogP contribution in [0.3, 0.4) is 0 Å². The Morgan fingerprint density at radius 1 is 1.31 bits per heavy atom. The number of halogens is 1. The molecule has 1 atom stereocenters. The number of aliphatic imine (C=N–C) groups is 1. The minimum Gasteiger partial charge on any atom is -0.466 e. The van der Waals surface area contributed by atoms with Crippen molar-refractivity contribution in [1.29, 1.82) is 0 Å². The fourth-order valence-electron chi connectivity index (χ4n) is 3.13. The summed E-state index contributed by atoms with van der Waals surface area (Å²) in [5.74, 6) is 0.433. The zero-order valence-electron chi connectivity index (χ0n) is 17.4. The molecule has 1 aliphatic rings. The van der Waals surface area contributed by atoms with E-state index < -0.39 is 10.0 Å². The lowest BCUT2D eigenvalue weighted by Gasteiger charge is -2.34. The molecule has 1 N–H and O–H groups in total. The minimum atomic E-state index is -3.43. The first-order valence-corrected chi connectivity index (χ1v) is 10.9. The van der Waals surface area contributed by atoms with Gasteiger partial charge in [0.1, 0.15) is 0 Å². The fraction of sp³-hybridized carbons (Fsp3) is 0.579. The first-order valence-electron chi connectivity index (χ1n) is 9.43. The van der Waals surface area contributed by atoms with Gasteiger partial charge in [0.2, 0.25) is 10.0 Å². The highest BCUT2D eigenvalue weighted by molar-refractivity contribution is 14.0. The molecule has 1 heterocycles. The molecule has 8 nitrogen and oxygen atoms in total. The Bertz CT molecular complexity index is 797. The van der Waals surface area contributed by atoms with E-state index in [0.717, 1.165) is 30.9 Å². The Kier molecular flexibility index (Phi) is 10.3. The van der Waals surface area contributed by atoms with Gasteiger partial charge in [0.05, 0.1) is 17.4 Å². The van der Waals surface area contributed by atoms with Crippen LogP contribution < -0.4 is 5.32 Å². The standard InChI is InChI=1S/C19H30N4O4S.HI/c1-5-27-18(24)16-7-6-12-23(14-16)19(20-2)21-13-15-8-10-17(11-9-15)28(25,26)22(3)4;/h8-11,16H,5-7,12-14H2,1-4H3,(H,20,21);1H. The highest BCUT2D eigenvalue weighted by Gasteiger charge is 2.28. The lowest BCUT2D eigenvalue weighted by molar-refractivity contribution is -0.149. The van der Waals surface area contributed by atoms with Gasteiger partial charge >= 0.3 is 5.97 Å². The summed E-state index contributed by atoms with van der Waals surface area (Å²) >= 11 is 0. The number of nitrogens with zero attached hydrogens (tertiary/aromatic N) is 3. The van der Waals surface area contributed by atoms with Gasteiger partial charge in [0.15, 0.2) is 5.96 Å². The van der Waals surface area contributed by atoms with Crippen molar-refractivity contribution in [2.45, 2.75) is 31.2 Å². The molecule has 0 saturated carbocycles. The summed E-state index contributed by atoms with van der Waals surface area (Å²) < 4.78 is 30.6. The lowest BCUT2D eigenvalue weighted by atomic mass is 9.98. The molecular formula is C19H31IN4O4S. The number of esters is 1. The molecule has 0 bridgehead atoms. The Morgan fingerprint density at radius 3 is 2.52 bits per heavy atom. The lowest BCUT2D eigenvalue weighted by Crippen LogP contribution is -2.48. The van der Waals surface area contributed by atoms with E-state index >= 15 is 0 Å². The summed E-state index contributed by atoms with van der Waals surface area (Å²) in [7, 11) is 1.30. The monoisotopic (exact) mass is 538 g/mol. The van der Waals surface area contributed by atoms with E-state index in [9.17, 15) is 13.2 Å². The molecule has 1 aromatic carbocycles. The van der Waals surface area contributed by atoms with Gasteiger partial charge in [-0.3, -0.25) is 9.79 Å². The van der Waals surface area contributed by atoms with E-state index in [0.29, 0.717) is 19.7 Å². The summed E-state index contributed by atoms with van der Waals surface area (Å²) in [6, 6.07) is 6.78. The van der Waals surface area contributed by atoms with Gasteiger partial charge in [-0.25, -0.2) is 12.7 Å². The van der Waals surface area contributed by atoms with Crippen LogP contribution in [0.25, 0.3) is 0 Å². The largest absolute Gasteiger partial charge is 0.466 e. The predicted molar refractivity (Wildman–Crippen MR) is 124 cm³/mol. The third kappa shape index (κ3) is 6.82. The van der Waals surface area contributed by atoms with Crippen molar-refractivity contribution < 1.29 is 17.9 Å². The SMILES string of the molecule is CCOC(=O)C1CCCN(C(=NC)NCc2ccc(S(=O)(=O)N(C)C)cc2)C1.I. The van der Waals surface area contributed by atoms with Crippen molar-refractivity contribution in [2.24, 2.45) is 10.9 Å². The predicted octanol–water partition coefficient (Wildman–Crippen LogP) is 1.91. The van der Waals surface area contributed by atoms with Crippen LogP contribution in [-0.4, -0.2) is 70.4 Å². The Hall–Kier alpha value is -1.40. The molecule has 0 radical (unpaired) electrons. The number of hydrogen-bond acceptors (Lipinski definition) is 5. The van der Waals surface area contributed by atoms with Crippen molar-refractivity contribution in [3.8, 4) is 0 Å². The summed E-state index contributed by atoms with van der Waals surface area (Å²) in [6.07, 6.45) is 1.73. The van der Waals surface area contributed by atoms with E-state index in [1.807, 2.05) is 6.92 Å². The quantitative estimate of drug-likeness (QED) is 0.258. The van der Waals surface area contributed by atoms with E-state index in [2.05, 4.69) is 15.2 Å². The van der Waals surface area contributed by atoms with E-state index in [4.69, 9.17) is 4.74 Å². The molecule has 164 valence electrons. The number of sulfonamides is 1. The van der Waals surface area contributed by atoms with Crippen molar-refractivity contribution in [3.63, 3.8) is 0 Å². The third-order valence-electron chi connectivity index (χ3n) is 4.71. The van der Waals surface area contributed by atoms with E-state index in [1.165, 1.54) is 18.4 Å². The normalized spacial score (nSPS) is 17.6. The maximum Gasteiger partial charge on any atom is 0.310 e. The van der Waals surface area contributed by atoms with E-state index in [-0.39, 0.29) is 40.8 Å². The number of carbonyl (C=O) groups excluding carboxylic acids is 1. The minimum absolute atomic E-state index is 0. The molecule has 2 rings (SSSR count). The second-order valence-corrected chi connectivity index (χ2v) is 9.02. The van der Waals surface area contributed by atoms with Crippen LogP contribution in [0.5, 0.6) is 0 Å². The van der Waals surface area contributed by atoms with Crippen LogP contribution in [0.15, 0.2) is 34.2 Å². The molecule has 0 aromatic heterocycles. The smallest absolute Gasteiger partial charge is 0.310 e. The number of likely N-dealkylation sites (tertiary alicyclic amines) is 1. The number of carbonyl (C=O) groups is 1. The number of benzene rings is 1. The van der Waals surface area contributed by atoms with Crippen LogP contribution in [0, 0.1) is 5.92 Å². The zero-order valence-corrected chi connectivity index (χ0v) is 20.6. The van der Waals surface area contributed by atoms with E-state index in [1.54, 1.807) is 31.3 Å². The number of rotatable bonds is 6. The van der Waals surface area contributed by atoms with Crippen LogP contribution in [0.4, 0.5) is 0 Å². The van der Waals surface area contributed by atoms with Gasteiger partial charge in [0, 0.05) is 40.8 Å². The second-order valence-electron chi connectivity index (χ2n) is 6.87. The first-order chi connectivity index (χ1) is 13.3. The van der Waals surface area contributed by atoms with Gasteiger partial charge in [-0.15, -0.1) is 24.0 Å². The van der Waals surface area contributed by atoms with Crippen molar-refractivity contribution in [3.05, 3.63) is 29.8 Å². The zero-order chi connectivity index (χ0) is 20.7. The Labute approximate surface area is 190 Å². The third-order valence-corrected chi connectivity index (χ3v) is 6.53. The maximum absolute atomic E-state index is 12.1. The molecule has 29 heavy (non-hydrogen) atoms. The van der Waals surface area contributed by atoms with Gasteiger partial charge in [0.25, 0.3) is 0 Å². The molecule has 0 amide bonds. The highest BCUT2D eigenvalue weighted by Crippen LogP contribution is 2.18. The van der Waals surface area contributed by atoms with Gasteiger partial charge < -0.3 is 15.0 Å². The van der Waals surface area contributed by atoms with Crippen LogP contribution >= 0.6 is 24.0 Å². The summed E-state index contributed by atoms with van der Waals surface area (Å²) in [6.45, 7) is 4.12. The average Bonchev–Trinajstić information content (AvgIpc) is 2.69. The van der Waals surface area contributed by atoms with Gasteiger partial charge in [-0.05, 0) is 37.5 Å². The first kappa shape index (κ1) is 25.6. The molecule has 1 saturated heterocycles. The van der Waals surface area contributed by atoms with Gasteiger partial charge in [-0.1, -0.05) is 12.1 Å². The molecule has 1 fully saturated rings. The van der Waals surface area contributed by atoms with Crippen molar-refractivity contribution in [1.82, 2.24) is 14.5 Å². The second kappa shape index (κ2) is 11.7. The van der Waals surface area contributed by atoms with Crippen LogP contribution in [-0.2, 0) is 26.1 Å². The summed E-state index contributed by atoms with van der Waals surface area (Å²) in [5.41, 5.74) is 0.942. The molecule has 1 unspecified atom stereocenters. The van der Waals surface area contributed by atoms with Crippen molar-refractivity contribution >= 4 is 45.9 Å². The topological polar surface area (TPSA) is 91.3 Å².